The molecule has 0 radical (unpaired) electrons. The summed E-state index contributed by atoms with van der Waals surface area (Å²) in [6.07, 6.45) is 6.13. The first-order valence-electron chi connectivity index (χ1n) is 4.08. The van der Waals surface area contributed by atoms with E-state index in [1.807, 2.05) is 0 Å². The first-order valence-corrected chi connectivity index (χ1v) is 4.08. The third-order valence-corrected chi connectivity index (χ3v) is 3.91. The Bertz CT molecular complexity index is 125. The van der Waals surface area contributed by atoms with Gasteiger partial charge in [-0.05, 0) is 30.1 Å². The summed E-state index contributed by atoms with van der Waals surface area (Å²) in [5.74, 6) is 0. The van der Waals surface area contributed by atoms with Crippen molar-refractivity contribution in [2.45, 2.75) is 25.7 Å². The zero-order chi connectivity index (χ0) is 5.95. The van der Waals surface area contributed by atoms with E-state index in [1.54, 1.807) is 6.42 Å². The minimum Gasteiger partial charge on any atom is -0.316 e. The van der Waals surface area contributed by atoms with Crippen LogP contribution in [-0.2, 0) is 0 Å². The van der Waals surface area contributed by atoms with Gasteiger partial charge in [0.25, 0.3) is 0 Å². The summed E-state index contributed by atoms with van der Waals surface area (Å²) in [5, 5.41) is 3.51. The van der Waals surface area contributed by atoms with E-state index in [4.69, 9.17) is 0 Å². The van der Waals surface area contributed by atoms with E-state index in [-0.39, 0.29) is 0 Å². The molecule has 1 N–H and O–H groups in total. The number of rotatable bonds is 0. The SMILES string of the molecule is C1CC23CNCC2(C1)C3. The highest BCUT2D eigenvalue weighted by atomic mass is 15.0. The molecular weight excluding hydrogens is 110 g/mol. The first-order chi connectivity index (χ1) is 4.37. The standard InChI is InChI=1S/C8H13N/c1-2-7-4-8(7,3-1)6-9-5-7/h9H,1-6H2. The van der Waals surface area contributed by atoms with Gasteiger partial charge < -0.3 is 5.32 Å². The van der Waals surface area contributed by atoms with Gasteiger partial charge in [-0.2, -0.15) is 0 Å². The van der Waals surface area contributed by atoms with Gasteiger partial charge >= 0.3 is 0 Å². The maximum atomic E-state index is 3.51. The molecule has 0 bridgehead atoms. The van der Waals surface area contributed by atoms with Crippen LogP contribution in [0.5, 0.6) is 0 Å². The monoisotopic (exact) mass is 123 g/mol. The van der Waals surface area contributed by atoms with Crippen molar-refractivity contribution in [1.82, 2.24) is 5.32 Å². The zero-order valence-corrected chi connectivity index (χ0v) is 5.74. The highest BCUT2D eigenvalue weighted by molar-refractivity contribution is 5.23. The molecule has 0 spiro atoms. The Balaban J connectivity index is 2.05. The third kappa shape index (κ3) is 0.337. The molecule has 3 aliphatic rings. The number of piperidine rings is 1. The van der Waals surface area contributed by atoms with Gasteiger partial charge in [0, 0.05) is 13.1 Å². The van der Waals surface area contributed by atoms with E-state index in [1.165, 1.54) is 32.4 Å². The molecule has 0 aromatic heterocycles. The van der Waals surface area contributed by atoms with Gasteiger partial charge in [0.05, 0.1) is 0 Å². The number of nitrogens with one attached hydrogen (secondary N) is 1. The Labute approximate surface area is 55.8 Å². The molecule has 0 aromatic carbocycles. The quantitative estimate of drug-likeness (QED) is 0.509. The van der Waals surface area contributed by atoms with Crippen molar-refractivity contribution in [1.29, 1.82) is 0 Å². The molecule has 1 aliphatic heterocycles. The molecule has 1 saturated heterocycles. The molecule has 0 aromatic rings. The predicted molar refractivity (Wildman–Crippen MR) is 36.2 cm³/mol. The highest BCUT2D eigenvalue weighted by Gasteiger charge is 2.71. The average molecular weight is 123 g/mol. The van der Waals surface area contributed by atoms with E-state index in [9.17, 15) is 0 Å². The maximum absolute atomic E-state index is 3.51. The van der Waals surface area contributed by atoms with Crippen LogP contribution in [0, 0.1) is 10.8 Å². The van der Waals surface area contributed by atoms with E-state index < -0.39 is 0 Å². The second-order valence-electron chi connectivity index (χ2n) is 4.19. The van der Waals surface area contributed by atoms with Crippen molar-refractivity contribution < 1.29 is 0 Å². The second-order valence-corrected chi connectivity index (χ2v) is 4.19. The van der Waals surface area contributed by atoms with Crippen molar-refractivity contribution in [2.24, 2.45) is 10.8 Å². The van der Waals surface area contributed by atoms with Gasteiger partial charge in [0.1, 0.15) is 0 Å². The summed E-state index contributed by atoms with van der Waals surface area (Å²) in [6, 6.07) is 0. The molecule has 2 unspecified atom stereocenters. The van der Waals surface area contributed by atoms with Crippen molar-refractivity contribution >= 4 is 0 Å². The smallest absolute Gasteiger partial charge is 0.00141 e. The molecule has 2 atom stereocenters. The van der Waals surface area contributed by atoms with Crippen LogP contribution in [0.2, 0.25) is 0 Å². The van der Waals surface area contributed by atoms with Crippen LogP contribution in [0.1, 0.15) is 25.7 Å². The maximum Gasteiger partial charge on any atom is 0.00141 e. The van der Waals surface area contributed by atoms with Crippen molar-refractivity contribution in [3.05, 3.63) is 0 Å². The van der Waals surface area contributed by atoms with Gasteiger partial charge in [0.15, 0.2) is 0 Å². The Kier molecular flexibility index (Phi) is 0.563. The molecule has 9 heavy (non-hydrogen) atoms. The molecule has 1 nitrogen and oxygen atoms in total. The third-order valence-electron chi connectivity index (χ3n) is 3.91. The summed E-state index contributed by atoms with van der Waals surface area (Å²) >= 11 is 0. The minimum atomic E-state index is 0.840. The lowest BCUT2D eigenvalue weighted by Gasteiger charge is -2.06. The van der Waals surface area contributed by atoms with Crippen LogP contribution >= 0.6 is 0 Å². The predicted octanol–water partition coefficient (Wildman–Crippen LogP) is 1.15. The van der Waals surface area contributed by atoms with Gasteiger partial charge in [0.2, 0.25) is 0 Å². The Hall–Kier alpha value is -0.0400. The van der Waals surface area contributed by atoms with Crippen molar-refractivity contribution in [3.63, 3.8) is 0 Å². The van der Waals surface area contributed by atoms with Crippen molar-refractivity contribution in [2.75, 3.05) is 13.1 Å². The van der Waals surface area contributed by atoms with Gasteiger partial charge in [-0.1, -0.05) is 6.42 Å². The molecule has 50 valence electrons. The fraction of sp³-hybridized carbons (Fsp3) is 1.00. The summed E-state index contributed by atoms with van der Waals surface area (Å²) in [4.78, 5) is 0. The summed E-state index contributed by atoms with van der Waals surface area (Å²) in [6.45, 7) is 2.68. The van der Waals surface area contributed by atoms with Gasteiger partial charge in [-0.15, -0.1) is 0 Å². The normalized spacial score (nSPS) is 61.3. The lowest BCUT2D eigenvalue weighted by Crippen LogP contribution is -2.18. The Morgan fingerprint density at radius 1 is 1.00 bits per heavy atom. The largest absolute Gasteiger partial charge is 0.316 e. The highest BCUT2D eigenvalue weighted by Crippen LogP contribution is 2.74. The molecular formula is C8H13N. The second kappa shape index (κ2) is 1.07. The Morgan fingerprint density at radius 2 is 1.67 bits per heavy atom. The van der Waals surface area contributed by atoms with Gasteiger partial charge in [-0.25, -0.2) is 0 Å². The summed E-state index contributed by atoms with van der Waals surface area (Å²) in [7, 11) is 0. The number of hydrogen-bond acceptors (Lipinski definition) is 1. The van der Waals surface area contributed by atoms with E-state index in [0.717, 1.165) is 10.8 Å². The van der Waals surface area contributed by atoms with Crippen LogP contribution in [-0.4, -0.2) is 13.1 Å². The molecule has 2 saturated carbocycles. The zero-order valence-electron chi connectivity index (χ0n) is 5.74. The first kappa shape index (κ1) is 4.73. The minimum absolute atomic E-state index is 0.840. The fourth-order valence-electron chi connectivity index (χ4n) is 3.29. The van der Waals surface area contributed by atoms with Crippen LogP contribution in [0.4, 0.5) is 0 Å². The van der Waals surface area contributed by atoms with Crippen LogP contribution in [0.3, 0.4) is 0 Å². The lowest BCUT2D eigenvalue weighted by atomic mass is 10.0. The summed E-state index contributed by atoms with van der Waals surface area (Å²) in [5.41, 5.74) is 1.68. The van der Waals surface area contributed by atoms with E-state index >= 15 is 0 Å². The molecule has 1 heteroatoms. The summed E-state index contributed by atoms with van der Waals surface area (Å²) < 4.78 is 0. The number of hydrogen-bond donors (Lipinski definition) is 1. The Morgan fingerprint density at radius 3 is 2.22 bits per heavy atom. The lowest BCUT2D eigenvalue weighted by molar-refractivity contribution is 0.494. The topological polar surface area (TPSA) is 12.0 Å². The van der Waals surface area contributed by atoms with Crippen LogP contribution < -0.4 is 5.32 Å². The molecule has 0 amide bonds. The molecule has 2 aliphatic carbocycles. The van der Waals surface area contributed by atoms with E-state index in [2.05, 4.69) is 5.32 Å². The molecule has 1 heterocycles. The van der Waals surface area contributed by atoms with Crippen molar-refractivity contribution in [3.8, 4) is 0 Å². The van der Waals surface area contributed by atoms with Gasteiger partial charge in [-0.3, -0.25) is 0 Å². The van der Waals surface area contributed by atoms with E-state index in [0.29, 0.717) is 0 Å². The molecule has 3 rings (SSSR count). The molecule has 3 fully saturated rings. The van der Waals surface area contributed by atoms with Crippen LogP contribution in [0.25, 0.3) is 0 Å². The van der Waals surface area contributed by atoms with Crippen LogP contribution in [0.15, 0.2) is 0 Å². The average Bonchev–Trinajstić information content (AvgIpc) is 2.11. The fourth-order valence-corrected chi connectivity index (χ4v) is 3.29.